The largest absolute Gasteiger partial charge is 0.383 e. The summed E-state index contributed by atoms with van der Waals surface area (Å²) in [5, 5.41) is 6.86. The van der Waals surface area contributed by atoms with E-state index in [1.807, 2.05) is 0 Å². The van der Waals surface area contributed by atoms with Crippen molar-refractivity contribution in [2.24, 2.45) is 11.8 Å². The van der Waals surface area contributed by atoms with Crippen LogP contribution in [0.3, 0.4) is 0 Å². The number of anilines is 2. The van der Waals surface area contributed by atoms with Gasteiger partial charge >= 0.3 is 0 Å². The molecule has 2 heterocycles. The van der Waals surface area contributed by atoms with Crippen LogP contribution in [-0.2, 0) is 4.74 Å². The molecule has 1 aromatic heterocycles. The summed E-state index contributed by atoms with van der Waals surface area (Å²) in [6.45, 7) is 7.68. The van der Waals surface area contributed by atoms with Crippen LogP contribution >= 0.6 is 23.8 Å². The highest BCUT2D eigenvalue weighted by Gasteiger charge is 2.23. The maximum Gasteiger partial charge on any atom is 0.232 e. The van der Waals surface area contributed by atoms with Crippen LogP contribution in [0.15, 0.2) is 6.07 Å². The Hall–Kier alpha value is -1.18. The number of nitrogens with one attached hydrogen (secondary N) is 2. The van der Waals surface area contributed by atoms with Crippen molar-refractivity contribution in [1.82, 2.24) is 15.3 Å². The number of rotatable bonds is 5. The first-order valence-electron chi connectivity index (χ1n) is 7.81. The van der Waals surface area contributed by atoms with Gasteiger partial charge in [0.25, 0.3) is 0 Å². The van der Waals surface area contributed by atoms with Gasteiger partial charge in [-0.25, -0.2) is 4.98 Å². The molecule has 1 saturated heterocycles. The number of piperidine rings is 1. The third-order valence-electron chi connectivity index (χ3n) is 3.69. The number of halogens is 1. The van der Waals surface area contributed by atoms with Crippen molar-refractivity contribution in [3.05, 3.63) is 11.2 Å². The van der Waals surface area contributed by atoms with Crippen molar-refractivity contribution in [2.45, 2.75) is 20.3 Å². The van der Waals surface area contributed by atoms with Crippen LogP contribution in [0, 0.1) is 11.8 Å². The molecule has 0 saturated carbocycles. The first kappa shape index (κ1) is 18.2. The van der Waals surface area contributed by atoms with Gasteiger partial charge < -0.3 is 20.3 Å². The lowest BCUT2D eigenvalue weighted by atomic mass is 9.92. The second-order valence-corrected chi connectivity index (χ2v) is 6.89. The van der Waals surface area contributed by atoms with Crippen molar-refractivity contribution in [2.75, 3.05) is 43.6 Å². The van der Waals surface area contributed by atoms with Crippen molar-refractivity contribution < 1.29 is 4.74 Å². The zero-order valence-electron chi connectivity index (χ0n) is 13.8. The molecule has 8 heteroatoms. The first-order chi connectivity index (χ1) is 11.0. The second kappa shape index (κ2) is 8.61. The number of aromatic nitrogens is 2. The molecule has 1 aliphatic heterocycles. The molecule has 0 aliphatic carbocycles. The van der Waals surface area contributed by atoms with Crippen LogP contribution in [0.2, 0.25) is 5.15 Å². The van der Waals surface area contributed by atoms with E-state index in [-0.39, 0.29) is 0 Å². The van der Waals surface area contributed by atoms with Crippen LogP contribution in [0.25, 0.3) is 0 Å². The van der Waals surface area contributed by atoms with E-state index in [2.05, 4.69) is 39.3 Å². The smallest absolute Gasteiger partial charge is 0.232 e. The van der Waals surface area contributed by atoms with Gasteiger partial charge in [-0.05, 0) is 30.5 Å². The summed E-state index contributed by atoms with van der Waals surface area (Å²) >= 11 is 11.4. The molecule has 0 spiro atoms. The van der Waals surface area contributed by atoms with E-state index < -0.39 is 0 Å². The fraction of sp³-hybridized carbons (Fsp3) is 0.667. The summed E-state index contributed by atoms with van der Waals surface area (Å²) < 4.78 is 4.97. The number of thiocarbonyl (C=S) groups is 1. The van der Waals surface area contributed by atoms with E-state index in [0.29, 0.717) is 41.2 Å². The minimum absolute atomic E-state index is 0.406. The summed E-state index contributed by atoms with van der Waals surface area (Å²) in [7, 11) is 1.64. The monoisotopic (exact) mass is 357 g/mol. The Morgan fingerprint density at radius 1 is 1.39 bits per heavy atom. The highest BCUT2D eigenvalue weighted by Crippen LogP contribution is 2.26. The molecule has 0 aromatic carbocycles. The summed E-state index contributed by atoms with van der Waals surface area (Å²) in [5.74, 6) is 2.53. The highest BCUT2D eigenvalue weighted by atomic mass is 35.5. The fourth-order valence-electron chi connectivity index (χ4n) is 2.89. The lowest BCUT2D eigenvalue weighted by molar-refractivity contribution is 0.204. The molecule has 23 heavy (non-hydrogen) atoms. The molecule has 6 nitrogen and oxygen atoms in total. The minimum atomic E-state index is 0.406. The Balaban J connectivity index is 2.05. The summed E-state index contributed by atoms with van der Waals surface area (Å²) in [6.07, 6.45) is 1.24. The van der Waals surface area contributed by atoms with E-state index in [1.54, 1.807) is 13.2 Å². The second-order valence-electron chi connectivity index (χ2n) is 6.10. The maximum atomic E-state index is 6.15. The lowest BCUT2D eigenvalue weighted by Crippen LogP contribution is -2.39. The molecule has 2 N–H and O–H groups in total. The minimum Gasteiger partial charge on any atom is -0.383 e. The van der Waals surface area contributed by atoms with Gasteiger partial charge in [0.2, 0.25) is 5.95 Å². The zero-order chi connectivity index (χ0) is 16.8. The first-order valence-corrected chi connectivity index (χ1v) is 8.60. The van der Waals surface area contributed by atoms with Gasteiger partial charge in [0.1, 0.15) is 11.0 Å². The molecule has 0 bridgehead atoms. The molecular weight excluding hydrogens is 334 g/mol. The Morgan fingerprint density at radius 3 is 2.74 bits per heavy atom. The Morgan fingerprint density at radius 2 is 2.09 bits per heavy atom. The van der Waals surface area contributed by atoms with E-state index >= 15 is 0 Å². The summed E-state index contributed by atoms with van der Waals surface area (Å²) in [4.78, 5) is 11.0. The molecule has 0 amide bonds. The van der Waals surface area contributed by atoms with Gasteiger partial charge in [0.05, 0.1) is 6.61 Å². The maximum absolute atomic E-state index is 6.15. The van der Waals surface area contributed by atoms with Crippen molar-refractivity contribution in [3.63, 3.8) is 0 Å². The molecule has 128 valence electrons. The number of methoxy groups -OCH3 is 1. The molecule has 2 rings (SSSR count). The Kier molecular flexibility index (Phi) is 6.80. The third-order valence-corrected chi connectivity index (χ3v) is 4.13. The van der Waals surface area contributed by atoms with Crippen molar-refractivity contribution in [3.8, 4) is 0 Å². The quantitative estimate of drug-likeness (QED) is 0.477. The van der Waals surface area contributed by atoms with Gasteiger partial charge in [-0.2, -0.15) is 4.98 Å². The van der Waals surface area contributed by atoms with Gasteiger partial charge in [0, 0.05) is 32.8 Å². The normalized spacial score (nSPS) is 21.1. The number of hydrogen-bond donors (Lipinski definition) is 2. The Labute approximate surface area is 148 Å². The molecule has 2 unspecified atom stereocenters. The van der Waals surface area contributed by atoms with Gasteiger partial charge in [-0.15, -0.1) is 0 Å². The number of nitrogens with zero attached hydrogens (tertiary/aromatic N) is 3. The lowest BCUT2D eigenvalue weighted by Gasteiger charge is -2.35. The van der Waals surface area contributed by atoms with Crippen LogP contribution in [0.5, 0.6) is 0 Å². The summed E-state index contributed by atoms with van der Waals surface area (Å²) in [5.41, 5.74) is 0. The van der Waals surface area contributed by atoms with Gasteiger partial charge in [-0.3, -0.25) is 0 Å². The van der Waals surface area contributed by atoms with Gasteiger partial charge in [-0.1, -0.05) is 25.4 Å². The average molecular weight is 358 g/mol. The molecule has 0 radical (unpaired) electrons. The number of ether oxygens (including phenoxy) is 1. The third kappa shape index (κ3) is 5.75. The van der Waals surface area contributed by atoms with Gasteiger partial charge in [0.15, 0.2) is 5.11 Å². The average Bonchev–Trinajstić information content (AvgIpc) is 2.46. The van der Waals surface area contributed by atoms with Crippen LogP contribution < -0.4 is 15.5 Å². The van der Waals surface area contributed by atoms with Crippen molar-refractivity contribution >= 4 is 40.7 Å². The molecule has 1 aromatic rings. The number of hydrogen-bond acceptors (Lipinski definition) is 5. The van der Waals surface area contributed by atoms with E-state index in [1.165, 1.54) is 6.42 Å². The summed E-state index contributed by atoms with van der Waals surface area (Å²) in [6, 6.07) is 1.80. The molecule has 2 atom stereocenters. The van der Waals surface area contributed by atoms with Crippen LogP contribution in [0.1, 0.15) is 20.3 Å². The topological polar surface area (TPSA) is 62.3 Å². The Bertz CT molecular complexity index is 535. The predicted octanol–water partition coefficient (Wildman–Crippen LogP) is 2.55. The highest BCUT2D eigenvalue weighted by molar-refractivity contribution is 7.80. The van der Waals surface area contributed by atoms with E-state index in [0.717, 1.165) is 18.9 Å². The predicted molar refractivity (Wildman–Crippen MR) is 98.3 cm³/mol. The van der Waals surface area contributed by atoms with Crippen LogP contribution in [-0.4, -0.2) is 48.4 Å². The molecular formula is C15H24ClN5OS. The van der Waals surface area contributed by atoms with E-state index in [4.69, 9.17) is 28.6 Å². The van der Waals surface area contributed by atoms with E-state index in [9.17, 15) is 0 Å². The SMILES string of the molecule is COCCNC(=S)Nc1nc(Cl)cc(N2CC(C)CC(C)C2)n1. The molecule has 1 aliphatic rings. The molecule has 1 fully saturated rings. The fourth-order valence-corrected chi connectivity index (χ4v) is 3.26. The standard InChI is InChI=1S/C15H24ClN5OS/c1-10-6-11(2)9-21(8-10)13-7-12(16)18-14(19-13)20-15(23)17-4-5-22-3/h7,10-11H,4-6,8-9H2,1-3H3,(H2,17,18,19,20,23). The zero-order valence-corrected chi connectivity index (χ0v) is 15.4. The van der Waals surface area contributed by atoms with Crippen LogP contribution in [0.4, 0.5) is 11.8 Å². The van der Waals surface area contributed by atoms with Crippen molar-refractivity contribution in [1.29, 1.82) is 0 Å².